The van der Waals surface area contributed by atoms with Crippen LogP contribution in [0.4, 0.5) is 17.1 Å². The Labute approximate surface area is 313 Å². The van der Waals surface area contributed by atoms with Gasteiger partial charge in [-0.25, -0.2) is 0 Å². The lowest BCUT2D eigenvalue weighted by Crippen LogP contribution is -2.21. The first-order chi connectivity index (χ1) is 25.9. The number of nitrogens with zero attached hydrogens (tertiary/aromatic N) is 2. The maximum absolute atomic E-state index is 2.49. The average Bonchev–Trinajstić information content (AvgIpc) is 3.75. The second-order valence-corrected chi connectivity index (χ2v) is 16.0. The highest BCUT2D eigenvalue weighted by Crippen LogP contribution is 2.49. The number of anilines is 3. The normalized spacial score (nSPS) is 12.1. The fourth-order valence-corrected chi connectivity index (χ4v) is 9.51. The predicted molar refractivity (Wildman–Crippen MR) is 230 cm³/mol. The molecule has 0 saturated carbocycles. The monoisotopic (exact) mass is 698 g/mol. The highest BCUT2D eigenvalue weighted by Gasteiger charge is 2.24. The zero-order valence-corrected chi connectivity index (χ0v) is 30.9. The molecule has 0 unspecified atom stereocenters. The van der Waals surface area contributed by atoms with Crippen LogP contribution in [0.5, 0.6) is 0 Å². The molecule has 0 spiro atoms. The molecule has 2 aromatic heterocycles. The van der Waals surface area contributed by atoms with Crippen molar-refractivity contribution in [1.82, 2.24) is 4.57 Å². The van der Waals surface area contributed by atoms with Crippen molar-refractivity contribution >= 4 is 81.1 Å². The van der Waals surface area contributed by atoms with E-state index >= 15 is 0 Å². The van der Waals surface area contributed by atoms with Crippen LogP contribution < -0.4 is 4.90 Å². The fourth-order valence-electron chi connectivity index (χ4n) is 8.38. The van der Waals surface area contributed by atoms with Gasteiger partial charge in [-0.3, -0.25) is 0 Å². The molecular weight excluding hydrogens is 661 g/mol. The molecule has 3 heteroatoms. The molecule has 0 aliphatic rings. The van der Waals surface area contributed by atoms with Gasteiger partial charge >= 0.3 is 0 Å². The number of thiophene rings is 1. The van der Waals surface area contributed by atoms with Crippen LogP contribution >= 0.6 is 11.3 Å². The number of aromatic nitrogens is 1. The number of hydrogen-bond acceptors (Lipinski definition) is 2. The van der Waals surface area contributed by atoms with Gasteiger partial charge in [0.2, 0.25) is 0 Å². The van der Waals surface area contributed by atoms with E-state index < -0.39 is 0 Å². The van der Waals surface area contributed by atoms with Crippen LogP contribution in [-0.2, 0) is 5.54 Å². The van der Waals surface area contributed by atoms with E-state index in [2.05, 4.69) is 206 Å². The van der Waals surface area contributed by atoms with Crippen molar-refractivity contribution in [3.05, 3.63) is 176 Å². The van der Waals surface area contributed by atoms with E-state index in [0.717, 1.165) is 11.4 Å². The van der Waals surface area contributed by atoms with Gasteiger partial charge in [0.25, 0.3) is 0 Å². The minimum atomic E-state index is -0.0620. The SMILES string of the molecule is CC(C)(C)n1c2ccccc2c2ccc(-c3ccc(N(c4ccc5ccccc5c4-c4ccccc4)c4cccc5sc6ccccc6c45)cc3)cc21. The lowest BCUT2D eigenvalue weighted by Gasteiger charge is -2.29. The zero-order chi connectivity index (χ0) is 35.7. The van der Waals surface area contributed by atoms with E-state index in [1.807, 2.05) is 11.3 Å². The van der Waals surface area contributed by atoms with Crippen LogP contribution in [0.2, 0.25) is 0 Å². The second-order valence-electron chi connectivity index (χ2n) is 14.9. The Kier molecular flexibility index (Phi) is 7.28. The molecule has 10 aromatic rings. The summed E-state index contributed by atoms with van der Waals surface area (Å²) in [5, 5.41) is 7.63. The summed E-state index contributed by atoms with van der Waals surface area (Å²) in [5.74, 6) is 0. The Balaban J connectivity index is 1.20. The standard InChI is InChI=1S/C50H38N2S/c1-50(2,3)52-42-20-11-9-18-39(42)40-30-26-36(32-45(40)52)33-24-28-37(29-25-33)51(43-21-13-23-47-49(43)41-19-10-12-22-46(41)53-47)44-31-27-34-14-7-8-17-38(34)48(44)35-15-5-4-6-16-35/h4-32H,1-3H3. The van der Waals surface area contributed by atoms with E-state index in [1.165, 1.54) is 80.7 Å². The quantitative estimate of drug-likeness (QED) is 0.174. The number of para-hydroxylation sites is 1. The van der Waals surface area contributed by atoms with E-state index in [0.29, 0.717) is 0 Å². The van der Waals surface area contributed by atoms with Gasteiger partial charge in [0.1, 0.15) is 0 Å². The van der Waals surface area contributed by atoms with Gasteiger partial charge in [-0.15, -0.1) is 11.3 Å². The third kappa shape index (κ3) is 5.15. The van der Waals surface area contributed by atoms with E-state index in [9.17, 15) is 0 Å². The summed E-state index contributed by atoms with van der Waals surface area (Å²) in [7, 11) is 0. The van der Waals surface area contributed by atoms with Crippen molar-refractivity contribution in [2.24, 2.45) is 0 Å². The molecule has 0 radical (unpaired) electrons. The first-order valence-electron chi connectivity index (χ1n) is 18.4. The Hall–Kier alpha value is -6.16. The third-order valence-corrected chi connectivity index (χ3v) is 11.8. The molecule has 0 fully saturated rings. The molecule has 0 bridgehead atoms. The molecule has 8 aromatic carbocycles. The van der Waals surface area contributed by atoms with Gasteiger partial charge in [0.05, 0.1) is 16.9 Å². The third-order valence-electron chi connectivity index (χ3n) is 10.6. The minimum Gasteiger partial charge on any atom is -0.335 e. The van der Waals surface area contributed by atoms with Crippen molar-refractivity contribution < 1.29 is 0 Å². The lowest BCUT2D eigenvalue weighted by atomic mass is 9.94. The van der Waals surface area contributed by atoms with Gasteiger partial charge in [-0.2, -0.15) is 0 Å². The zero-order valence-electron chi connectivity index (χ0n) is 30.0. The summed E-state index contributed by atoms with van der Waals surface area (Å²) in [5.41, 5.74) is 10.8. The molecule has 0 aliphatic carbocycles. The topological polar surface area (TPSA) is 8.17 Å². The summed E-state index contributed by atoms with van der Waals surface area (Å²) in [6.07, 6.45) is 0. The van der Waals surface area contributed by atoms with Gasteiger partial charge < -0.3 is 9.47 Å². The smallest absolute Gasteiger partial charge is 0.0555 e. The molecule has 2 nitrogen and oxygen atoms in total. The van der Waals surface area contributed by atoms with Crippen LogP contribution in [0.25, 0.3) is 75.0 Å². The van der Waals surface area contributed by atoms with Crippen LogP contribution in [0.15, 0.2) is 176 Å². The molecule has 0 amide bonds. The van der Waals surface area contributed by atoms with Gasteiger partial charge in [-0.05, 0) is 96.8 Å². The summed E-state index contributed by atoms with van der Waals surface area (Å²) in [6.45, 7) is 6.88. The summed E-state index contributed by atoms with van der Waals surface area (Å²) in [6, 6.07) is 64.7. The molecule has 2 heterocycles. The molecule has 254 valence electrons. The first-order valence-corrected chi connectivity index (χ1v) is 19.2. The molecule has 53 heavy (non-hydrogen) atoms. The molecular formula is C50H38N2S. The molecule has 0 atom stereocenters. The minimum absolute atomic E-state index is 0.0620. The van der Waals surface area contributed by atoms with Crippen molar-refractivity contribution in [3.8, 4) is 22.3 Å². The Morgan fingerprint density at radius 1 is 0.453 bits per heavy atom. The van der Waals surface area contributed by atoms with Crippen LogP contribution in [0.1, 0.15) is 20.8 Å². The van der Waals surface area contributed by atoms with Crippen molar-refractivity contribution in [2.45, 2.75) is 26.3 Å². The number of rotatable bonds is 5. The summed E-state index contributed by atoms with van der Waals surface area (Å²) >= 11 is 1.86. The molecule has 0 saturated heterocycles. The highest BCUT2D eigenvalue weighted by atomic mass is 32.1. The van der Waals surface area contributed by atoms with Crippen LogP contribution in [-0.4, -0.2) is 4.57 Å². The van der Waals surface area contributed by atoms with Gasteiger partial charge in [0.15, 0.2) is 0 Å². The van der Waals surface area contributed by atoms with Crippen molar-refractivity contribution in [3.63, 3.8) is 0 Å². The summed E-state index contributed by atoms with van der Waals surface area (Å²) in [4.78, 5) is 2.49. The van der Waals surface area contributed by atoms with Crippen molar-refractivity contribution in [1.29, 1.82) is 0 Å². The lowest BCUT2D eigenvalue weighted by molar-refractivity contribution is 0.423. The van der Waals surface area contributed by atoms with Gasteiger partial charge in [-0.1, -0.05) is 127 Å². The molecule has 10 rings (SSSR count). The van der Waals surface area contributed by atoms with E-state index in [1.54, 1.807) is 0 Å². The van der Waals surface area contributed by atoms with Crippen molar-refractivity contribution in [2.75, 3.05) is 4.90 Å². The Morgan fingerprint density at radius 3 is 1.92 bits per heavy atom. The Morgan fingerprint density at radius 2 is 1.11 bits per heavy atom. The molecule has 0 aliphatic heterocycles. The maximum atomic E-state index is 2.49. The van der Waals surface area contributed by atoms with Crippen LogP contribution in [0.3, 0.4) is 0 Å². The van der Waals surface area contributed by atoms with E-state index in [4.69, 9.17) is 0 Å². The Bertz CT molecular complexity index is 2980. The van der Waals surface area contributed by atoms with E-state index in [-0.39, 0.29) is 5.54 Å². The average molecular weight is 699 g/mol. The van der Waals surface area contributed by atoms with Crippen LogP contribution in [0, 0.1) is 0 Å². The predicted octanol–water partition coefficient (Wildman–Crippen LogP) is 14.9. The number of fused-ring (bicyclic) bond motifs is 7. The number of benzene rings is 8. The largest absolute Gasteiger partial charge is 0.335 e. The fraction of sp³-hybridized carbons (Fsp3) is 0.0800. The number of hydrogen-bond donors (Lipinski definition) is 0. The molecule has 0 N–H and O–H groups in total. The summed E-state index contributed by atoms with van der Waals surface area (Å²) < 4.78 is 5.08. The first kappa shape index (κ1) is 31.6. The van der Waals surface area contributed by atoms with Gasteiger partial charge in [0, 0.05) is 53.3 Å². The maximum Gasteiger partial charge on any atom is 0.0555 e. The highest BCUT2D eigenvalue weighted by molar-refractivity contribution is 7.26. The second kappa shape index (κ2) is 12.2.